The molecule has 0 amide bonds. The molecular formula is C10H11ClN2O. The second kappa shape index (κ2) is 3.50. The van der Waals surface area contributed by atoms with Crippen LogP contribution in [0.1, 0.15) is 13.8 Å². The molecule has 2 aromatic heterocycles. The minimum atomic E-state index is 0.169. The summed E-state index contributed by atoms with van der Waals surface area (Å²) in [5, 5.41) is 0.492. The third-order valence-corrected chi connectivity index (χ3v) is 1.96. The van der Waals surface area contributed by atoms with Crippen molar-refractivity contribution in [2.45, 2.75) is 20.0 Å². The molecule has 2 rings (SSSR count). The quantitative estimate of drug-likeness (QED) is 0.762. The Hall–Kier alpha value is -1.22. The highest BCUT2D eigenvalue weighted by Gasteiger charge is 2.02. The van der Waals surface area contributed by atoms with Gasteiger partial charge in [-0.3, -0.25) is 0 Å². The zero-order chi connectivity index (χ0) is 10.1. The van der Waals surface area contributed by atoms with Gasteiger partial charge in [-0.2, -0.15) is 0 Å². The molecule has 2 aromatic rings. The summed E-state index contributed by atoms with van der Waals surface area (Å²) in [6.45, 7) is 3.98. The van der Waals surface area contributed by atoms with Crippen molar-refractivity contribution in [1.29, 1.82) is 0 Å². The fourth-order valence-electron chi connectivity index (χ4n) is 1.28. The number of ether oxygens (including phenoxy) is 1. The Morgan fingerprint density at radius 2 is 2.29 bits per heavy atom. The van der Waals surface area contributed by atoms with Gasteiger partial charge in [0.15, 0.2) is 0 Å². The zero-order valence-electron chi connectivity index (χ0n) is 8.07. The molecule has 74 valence electrons. The number of rotatable bonds is 2. The number of hydrogen-bond donors (Lipinski definition) is 0. The van der Waals surface area contributed by atoms with E-state index in [0.717, 1.165) is 11.4 Å². The Morgan fingerprint density at radius 1 is 1.50 bits per heavy atom. The molecule has 0 unspecified atom stereocenters. The van der Waals surface area contributed by atoms with Crippen LogP contribution in [0.15, 0.2) is 24.5 Å². The molecule has 14 heavy (non-hydrogen) atoms. The van der Waals surface area contributed by atoms with E-state index in [-0.39, 0.29) is 6.10 Å². The van der Waals surface area contributed by atoms with Crippen LogP contribution in [0.3, 0.4) is 0 Å². The van der Waals surface area contributed by atoms with Gasteiger partial charge in [0, 0.05) is 18.5 Å². The fourth-order valence-corrected chi connectivity index (χ4v) is 1.47. The predicted molar refractivity (Wildman–Crippen MR) is 56.0 cm³/mol. The van der Waals surface area contributed by atoms with Crippen molar-refractivity contribution < 1.29 is 4.74 Å². The number of hydrogen-bond acceptors (Lipinski definition) is 2. The zero-order valence-corrected chi connectivity index (χ0v) is 8.82. The van der Waals surface area contributed by atoms with E-state index in [1.165, 1.54) is 0 Å². The Bertz CT molecular complexity index is 450. The molecule has 2 heterocycles. The number of fused-ring (bicyclic) bond motifs is 1. The maximum Gasteiger partial charge on any atom is 0.148 e. The van der Waals surface area contributed by atoms with Crippen LogP contribution in [-0.4, -0.2) is 15.5 Å². The highest BCUT2D eigenvalue weighted by Crippen LogP contribution is 2.17. The van der Waals surface area contributed by atoms with Crippen LogP contribution >= 0.6 is 11.6 Å². The summed E-state index contributed by atoms with van der Waals surface area (Å²) in [6, 6.07) is 3.76. The molecule has 0 aliphatic carbocycles. The molecule has 0 aromatic carbocycles. The summed E-state index contributed by atoms with van der Waals surface area (Å²) < 4.78 is 7.39. The van der Waals surface area contributed by atoms with Gasteiger partial charge < -0.3 is 9.14 Å². The van der Waals surface area contributed by atoms with E-state index in [1.807, 2.05) is 36.6 Å². The summed E-state index contributed by atoms with van der Waals surface area (Å²) in [5.74, 6) is 0.815. The first-order valence-corrected chi connectivity index (χ1v) is 4.84. The van der Waals surface area contributed by atoms with Crippen molar-refractivity contribution in [3.8, 4) is 5.75 Å². The van der Waals surface area contributed by atoms with Crippen LogP contribution in [0.4, 0.5) is 0 Å². The van der Waals surface area contributed by atoms with Crippen LogP contribution in [0, 0.1) is 0 Å². The smallest absolute Gasteiger partial charge is 0.148 e. The second-order valence-corrected chi connectivity index (χ2v) is 3.75. The van der Waals surface area contributed by atoms with E-state index in [4.69, 9.17) is 16.3 Å². The van der Waals surface area contributed by atoms with Gasteiger partial charge in [-0.15, -0.1) is 0 Å². The number of imidazole rings is 1. The maximum absolute atomic E-state index is 5.77. The minimum Gasteiger partial charge on any atom is -0.491 e. The van der Waals surface area contributed by atoms with Crippen molar-refractivity contribution in [3.63, 3.8) is 0 Å². The molecule has 0 N–H and O–H groups in total. The molecule has 3 nitrogen and oxygen atoms in total. The highest BCUT2D eigenvalue weighted by molar-refractivity contribution is 6.29. The van der Waals surface area contributed by atoms with E-state index in [0.29, 0.717) is 5.15 Å². The van der Waals surface area contributed by atoms with Gasteiger partial charge in [-0.25, -0.2) is 4.98 Å². The van der Waals surface area contributed by atoms with Gasteiger partial charge in [-0.05, 0) is 19.9 Å². The number of pyridine rings is 1. The van der Waals surface area contributed by atoms with Gasteiger partial charge >= 0.3 is 0 Å². The molecule has 0 spiro atoms. The Labute approximate surface area is 87.3 Å². The number of nitrogens with zero attached hydrogens (tertiary/aromatic N) is 2. The van der Waals surface area contributed by atoms with Crippen molar-refractivity contribution in [2.24, 2.45) is 0 Å². The second-order valence-electron chi connectivity index (χ2n) is 3.36. The first kappa shape index (κ1) is 9.34. The van der Waals surface area contributed by atoms with Gasteiger partial charge in [0.1, 0.15) is 16.5 Å². The fraction of sp³-hybridized carbons (Fsp3) is 0.300. The summed E-state index contributed by atoms with van der Waals surface area (Å²) in [5.41, 5.74) is 0.799. The van der Waals surface area contributed by atoms with E-state index in [9.17, 15) is 0 Å². The van der Waals surface area contributed by atoms with Crippen LogP contribution in [0.25, 0.3) is 5.65 Å². The molecule has 0 saturated carbocycles. The van der Waals surface area contributed by atoms with Crippen molar-refractivity contribution in [1.82, 2.24) is 9.38 Å². The Balaban J connectivity index is 2.40. The molecular weight excluding hydrogens is 200 g/mol. The topological polar surface area (TPSA) is 26.5 Å². The van der Waals surface area contributed by atoms with E-state index in [1.54, 1.807) is 6.20 Å². The van der Waals surface area contributed by atoms with E-state index in [2.05, 4.69) is 4.98 Å². The van der Waals surface area contributed by atoms with E-state index >= 15 is 0 Å². The molecule has 0 aliphatic heterocycles. The maximum atomic E-state index is 5.77. The number of aromatic nitrogens is 2. The molecule has 0 aliphatic rings. The summed E-state index contributed by atoms with van der Waals surface area (Å²) in [6.07, 6.45) is 3.81. The summed E-state index contributed by atoms with van der Waals surface area (Å²) in [4.78, 5) is 4.13. The van der Waals surface area contributed by atoms with Gasteiger partial charge in [0.05, 0.1) is 6.10 Å². The predicted octanol–water partition coefficient (Wildman–Crippen LogP) is 2.77. The molecule has 0 fully saturated rings. The van der Waals surface area contributed by atoms with Gasteiger partial charge in [0.25, 0.3) is 0 Å². The molecule has 0 radical (unpaired) electrons. The van der Waals surface area contributed by atoms with Crippen LogP contribution in [0.2, 0.25) is 5.15 Å². The lowest BCUT2D eigenvalue weighted by molar-refractivity contribution is 0.242. The Morgan fingerprint density at radius 3 is 3.00 bits per heavy atom. The van der Waals surface area contributed by atoms with Crippen LogP contribution < -0.4 is 4.74 Å². The lowest BCUT2D eigenvalue weighted by atomic mass is 10.4. The molecule has 0 bridgehead atoms. The van der Waals surface area contributed by atoms with Crippen LogP contribution in [-0.2, 0) is 0 Å². The minimum absolute atomic E-state index is 0.169. The molecule has 0 saturated heterocycles. The monoisotopic (exact) mass is 210 g/mol. The van der Waals surface area contributed by atoms with E-state index < -0.39 is 0 Å². The standard InChI is InChI=1S/C10H11ClN2O/c1-7(2)14-8-3-4-13-6-9(11)12-10(13)5-8/h3-7H,1-2H3. The van der Waals surface area contributed by atoms with Crippen molar-refractivity contribution >= 4 is 17.2 Å². The number of halogens is 1. The van der Waals surface area contributed by atoms with Crippen LogP contribution in [0.5, 0.6) is 5.75 Å². The first-order valence-electron chi connectivity index (χ1n) is 4.46. The normalized spacial score (nSPS) is 11.1. The average molecular weight is 211 g/mol. The first-order chi connectivity index (χ1) is 6.65. The third-order valence-electron chi connectivity index (χ3n) is 1.77. The third kappa shape index (κ3) is 1.82. The summed E-state index contributed by atoms with van der Waals surface area (Å²) >= 11 is 5.77. The molecule has 4 heteroatoms. The van der Waals surface area contributed by atoms with Gasteiger partial charge in [0.2, 0.25) is 0 Å². The highest BCUT2D eigenvalue weighted by atomic mass is 35.5. The lowest BCUT2D eigenvalue weighted by Gasteiger charge is -2.08. The Kier molecular flexibility index (Phi) is 2.33. The largest absolute Gasteiger partial charge is 0.491 e. The SMILES string of the molecule is CC(C)Oc1ccn2cc(Cl)nc2c1. The average Bonchev–Trinajstić information content (AvgIpc) is 2.42. The van der Waals surface area contributed by atoms with Crippen molar-refractivity contribution in [3.05, 3.63) is 29.7 Å². The molecule has 0 atom stereocenters. The lowest BCUT2D eigenvalue weighted by Crippen LogP contribution is -2.05. The van der Waals surface area contributed by atoms with Crippen molar-refractivity contribution in [2.75, 3.05) is 0 Å². The summed E-state index contributed by atoms with van der Waals surface area (Å²) in [7, 11) is 0. The van der Waals surface area contributed by atoms with Gasteiger partial charge in [-0.1, -0.05) is 11.6 Å².